The third-order valence-electron chi connectivity index (χ3n) is 9.01. The highest BCUT2D eigenvalue weighted by atomic mass is 32.1. The minimum atomic E-state index is -0.937. The molecule has 258 valence electrons. The highest BCUT2D eigenvalue weighted by Gasteiger charge is 2.34. The standard InChI is InChI=1S/C35H51N5O6S/c1-7-22(4)31(39-33(43)27-15-11-12-16-40(27)6)34(44)38-30(21(2)3)28(41)19-29-37-26(20-47-29)32(42)36-25(17-23(5)35(45)46)18-24-13-9-8-10-14-24/h8-10,13-14,20-23,25,27,30-31H,7,11-12,15-19H2,1-6H3,(H,36,42)(H,38,44)(H,39,43)(H,45,46)/t22-,23-,25+,27+,30-,31-/m0/s1. The second-order valence-electron chi connectivity index (χ2n) is 13.2. The van der Waals surface area contributed by atoms with Crippen molar-refractivity contribution >= 4 is 40.8 Å². The molecule has 47 heavy (non-hydrogen) atoms. The largest absolute Gasteiger partial charge is 0.481 e. The van der Waals surface area contributed by atoms with Gasteiger partial charge in [-0.2, -0.15) is 0 Å². The smallest absolute Gasteiger partial charge is 0.306 e. The van der Waals surface area contributed by atoms with Gasteiger partial charge in [0.1, 0.15) is 16.7 Å². The number of rotatable bonds is 17. The SMILES string of the molecule is CC[C@H](C)[C@H](NC(=O)[C@H]1CCCCN1C)C(=O)N[C@H](C(=O)Cc1nc(C(=O)N[C@@H](Cc2ccccc2)C[C@H](C)C(=O)O)cs1)C(C)C. The Balaban J connectivity index is 1.66. The Hall–Kier alpha value is -3.64. The Bertz CT molecular complexity index is 1370. The number of hydrogen-bond donors (Lipinski definition) is 4. The number of aliphatic carboxylic acids is 1. The lowest BCUT2D eigenvalue weighted by atomic mass is 9.94. The average Bonchev–Trinajstić information content (AvgIpc) is 3.50. The third-order valence-corrected chi connectivity index (χ3v) is 9.86. The van der Waals surface area contributed by atoms with Gasteiger partial charge in [-0.05, 0) is 56.7 Å². The number of hydrogen-bond acceptors (Lipinski definition) is 8. The second kappa shape index (κ2) is 18.1. The number of aromatic nitrogens is 1. The van der Waals surface area contributed by atoms with Crippen molar-refractivity contribution in [2.45, 2.75) is 104 Å². The summed E-state index contributed by atoms with van der Waals surface area (Å²) in [6.07, 6.45) is 4.06. The Kier molecular flexibility index (Phi) is 14.5. The number of thiazole rings is 1. The molecule has 1 aliphatic heterocycles. The molecule has 11 nitrogen and oxygen atoms in total. The van der Waals surface area contributed by atoms with Gasteiger partial charge >= 0.3 is 5.97 Å². The van der Waals surface area contributed by atoms with Gasteiger partial charge in [0.25, 0.3) is 5.91 Å². The number of carbonyl (C=O) groups is 5. The predicted molar refractivity (Wildman–Crippen MR) is 182 cm³/mol. The van der Waals surface area contributed by atoms with Gasteiger partial charge in [-0.1, -0.05) is 77.8 Å². The molecule has 6 atom stereocenters. The van der Waals surface area contributed by atoms with Crippen molar-refractivity contribution in [2.24, 2.45) is 17.8 Å². The van der Waals surface area contributed by atoms with Crippen LogP contribution < -0.4 is 16.0 Å². The van der Waals surface area contributed by atoms with E-state index in [0.717, 1.165) is 31.4 Å². The number of carboxylic acids is 1. The van der Waals surface area contributed by atoms with Crippen LogP contribution in [0.4, 0.5) is 0 Å². The molecule has 0 bridgehead atoms. The number of likely N-dealkylation sites (tertiary alicyclic amines) is 1. The van der Waals surface area contributed by atoms with E-state index < -0.39 is 41.8 Å². The fourth-order valence-electron chi connectivity index (χ4n) is 5.85. The molecule has 0 radical (unpaired) electrons. The molecule has 12 heteroatoms. The number of nitrogens with zero attached hydrogens (tertiary/aromatic N) is 2. The Labute approximate surface area is 282 Å². The molecule has 0 aliphatic carbocycles. The predicted octanol–water partition coefficient (Wildman–Crippen LogP) is 3.86. The molecular weight excluding hydrogens is 618 g/mol. The molecule has 2 aromatic rings. The van der Waals surface area contributed by atoms with Crippen LogP contribution in [0.5, 0.6) is 0 Å². The number of benzene rings is 1. The minimum absolute atomic E-state index is 0.0716. The summed E-state index contributed by atoms with van der Waals surface area (Å²) in [7, 11) is 1.92. The van der Waals surface area contributed by atoms with Gasteiger partial charge < -0.3 is 21.1 Å². The van der Waals surface area contributed by atoms with Crippen LogP contribution in [0.2, 0.25) is 0 Å². The van der Waals surface area contributed by atoms with Crippen LogP contribution in [0.25, 0.3) is 0 Å². The van der Waals surface area contributed by atoms with E-state index >= 15 is 0 Å². The number of likely N-dealkylation sites (N-methyl/N-ethyl adjacent to an activating group) is 1. The highest BCUT2D eigenvalue weighted by Crippen LogP contribution is 2.19. The molecule has 1 aromatic carbocycles. The molecule has 1 aliphatic rings. The Morgan fingerprint density at radius 1 is 1.00 bits per heavy atom. The van der Waals surface area contributed by atoms with E-state index in [2.05, 4.69) is 20.9 Å². The molecule has 1 saturated heterocycles. The summed E-state index contributed by atoms with van der Waals surface area (Å²) in [5.74, 6) is -3.20. The Morgan fingerprint density at radius 2 is 1.70 bits per heavy atom. The minimum Gasteiger partial charge on any atom is -0.481 e. The quantitative estimate of drug-likeness (QED) is 0.198. The lowest BCUT2D eigenvalue weighted by Gasteiger charge is -2.34. The maximum atomic E-state index is 13.6. The van der Waals surface area contributed by atoms with Crippen molar-refractivity contribution in [3.8, 4) is 0 Å². The van der Waals surface area contributed by atoms with Crippen molar-refractivity contribution in [1.82, 2.24) is 25.8 Å². The lowest BCUT2D eigenvalue weighted by Crippen LogP contribution is -2.58. The lowest BCUT2D eigenvalue weighted by molar-refractivity contribution is -0.141. The summed E-state index contributed by atoms with van der Waals surface area (Å²) in [6, 6.07) is 7.23. The van der Waals surface area contributed by atoms with Crippen LogP contribution in [-0.2, 0) is 32.0 Å². The first-order valence-electron chi connectivity index (χ1n) is 16.7. The first-order chi connectivity index (χ1) is 22.3. The van der Waals surface area contributed by atoms with E-state index in [4.69, 9.17) is 0 Å². The maximum absolute atomic E-state index is 13.6. The zero-order chi connectivity index (χ0) is 34.7. The summed E-state index contributed by atoms with van der Waals surface area (Å²) in [5, 5.41) is 20.3. The molecule has 1 aromatic heterocycles. The van der Waals surface area contributed by atoms with Gasteiger partial charge in [0.2, 0.25) is 11.8 Å². The van der Waals surface area contributed by atoms with Crippen LogP contribution in [0.1, 0.15) is 87.8 Å². The Morgan fingerprint density at radius 3 is 2.32 bits per heavy atom. The number of carbonyl (C=O) groups excluding carboxylic acids is 4. The first kappa shape index (κ1) is 37.8. The van der Waals surface area contributed by atoms with Crippen molar-refractivity contribution in [3.05, 3.63) is 52.0 Å². The van der Waals surface area contributed by atoms with Crippen molar-refractivity contribution < 1.29 is 29.1 Å². The number of amides is 3. The molecule has 0 unspecified atom stereocenters. The summed E-state index contributed by atoms with van der Waals surface area (Å²) in [5.41, 5.74) is 1.12. The van der Waals surface area contributed by atoms with E-state index in [1.807, 2.05) is 70.0 Å². The van der Waals surface area contributed by atoms with Gasteiger partial charge in [-0.3, -0.25) is 28.9 Å². The topological polar surface area (TPSA) is 158 Å². The van der Waals surface area contributed by atoms with Crippen LogP contribution >= 0.6 is 11.3 Å². The van der Waals surface area contributed by atoms with Crippen LogP contribution in [0, 0.1) is 17.8 Å². The van der Waals surface area contributed by atoms with Crippen LogP contribution in [-0.4, -0.2) is 82.2 Å². The number of carboxylic acid groups (broad SMARTS) is 1. The van der Waals surface area contributed by atoms with Crippen molar-refractivity contribution in [2.75, 3.05) is 13.6 Å². The molecule has 0 saturated carbocycles. The third kappa shape index (κ3) is 11.2. The number of nitrogens with one attached hydrogen (secondary N) is 3. The van der Waals surface area contributed by atoms with Gasteiger partial charge in [0.15, 0.2) is 5.78 Å². The molecular formula is C35H51N5O6S. The van der Waals surface area contributed by atoms with Gasteiger partial charge in [0, 0.05) is 11.4 Å². The molecule has 3 rings (SSSR count). The van der Waals surface area contributed by atoms with Crippen molar-refractivity contribution in [3.63, 3.8) is 0 Å². The summed E-state index contributed by atoms with van der Waals surface area (Å²) in [4.78, 5) is 71.4. The summed E-state index contributed by atoms with van der Waals surface area (Å²) < 4.78 is 0. The molecule has 2 heterocycles. The maximum Gasteiger partial charge on any atom is 0.306 e. The van der Waals surface area contributed by atoms with E-state index in [1.54, 1.807) is 12.3 Å². The molecule has 4 N–H and O–H groups in total. The van der Waals surface area contributed by atoms with E-state index in [-0.39, 0.29) is 48.1 Å². The zero-order valence-corrected chi connectivity index (χ0v) is 29.3. The number of Topliss-reactive ketones (excluding diaryl/α,β-unsaturated/α-hetero) is 1. The van der Waals surface area contributed by atoms with E-state index in [9.17, 15) is 29.1 Å². The zero-order valence-electron chi connectivity index (χ0n) is 28.5. The van der Waals surface area contributed by atoms with E-state index in [0.29, 0.717) is 17.8 Å². The van der Waals surface area contributed by atoms with Crippen molar-refractivity contribution in [1.29, 1.82) is 0 Å². The number of piperidine rings is 1. The number of ketones is 1. The van der Waals surface area contributed by atoms with Gasteiger partial charge in [-0.15, -0.1) is 11.3 Å². The average molecular weight is 670 g/mol. The molecule has 1 fully saturated rings. The summed E-state index contributed by atoms with van der Waals surface area (Å²) >= 11 is 1.18. The van der Waals surface area contributed by atoms with Crippen LogP contribution in [0.15, 0.2) is 35.7 Å². The van der Waals surface area contributed by atoms with Crippen LogP contribution in [0.3, 0.4) is 0 Å². The first-order valence-corrected chi connectivity index (χ1v) is 17.5. The second-order valence-corrected chi connectivity index (χ2v) is 14.1. The fraction of sp³-hybridized carbons (Fsp3) is 0.600. The molecule has 0 spiro atoms. The van der Waals surface area contributed by atoms with Gasteiger partial charge in [0.05, 0.1) is 24.4 Å². The van der Waals surface area contributed by atoms with E-state index in [1.165, 1.54) is 11.3 Å². The van der Waals surface area contributed by atoms with Gasteiger partial charge in [-0.25, -0.2) is 4.98 Å². The highest BCUT2D eigenvalue weighted by molar-refractivity contribution is 7.10. The fourth-order valence-corrected chi connectivity index (χ4v) is 6.64. The normalized spacial score (nSPS) is 18.4. The molecule has 3 amide bonds. The summed E-state index contributed by atoms with van der Waals surface area (Å²) in [6.45, 7) is 10.0. The monoisotopic (exact) mass is 669 g/mol.